The molecule has 15 heavy (non-hydrogen) atoms. The van der Waals surface area contributed by atoms with Crippen LogP contribution in [-0.2, 0) is 6.54 Å². The third-order valence-electron chi connectivity index (χ3n) is 2.26. The van der Waals surface area contributed by atoms with E-state index in [0.717, 1.165) is 17.8 Å². The first-order chi connectivity index (χ1) is 7.20. The van der Waals surface area contributed by atoms with Gasteiger partial charge in [0, 0.05) is 17.6 Å². The fourth-order valence-corrected chi connectivity index (χ4v) is 1.66. The van der Waals surface area contributed by atoms with E-state index in [9.17, 15) is 4.79 Å². The van der Waals surface area contributed by atoms with E-state index in [2.05, 4.69) is 5.10 Å². The van der Waals surface area contributed by atoms with Crippen LogP contribution in [0.4, 0.5) is 0 Å². The second kappa shape index (κ2) is 3.95. The van der Waals surface area contributed by atoms with Crippen molar-refractivity contribution in [1.82, 2.24) is 9.78 Å². The Labute approximate surface area is 92.3 Å². The van der Waals surface area contributed by atoms with Crippen molar-refractivity contribution < 1.29 is 0 Å². The maximum Gasteiger partial charge on any atom is 0.264 e. The lowest BCUT2D eigenvalue weighted by Crippen LogP contribution is -2.04. The van der Waals surface area contributed by atoms with Crippen LogP contribution in [0.5, 0.6) is 0 Å². The second-order valence-electron chi connectivity index (χ2n) is 3.26. The molecule has 1 N–H and O–H groups in total. The maximum atomic E-state index is 11.2. The molecule has 2 aromatic rings. The average Bonchev–Trinajstić information content (AvgIpc) is 2.61. The third-order valence-corrected chi connectivity index (χ3v) is 2.51. The minimum absolute atomic E-state index is 0.0817. The smallest absolute Gasteiger partial charge is 0.264 e. The molecule has 0 radical (unpaired) electrons. The van der Waals surface area contributed by atoms with Gasteiger partial charge in [-0.2, -0.15) is 0 Å². The molecule has 1 aromatic heterocycles. The van der Waals surface area contributed by atoms with Gasteiger partial charge in [0.2, 0.25) is 0 Å². The molecule has 0 amide bonds. The first-order valence-corrected chi connectivity index (χ1v) is 5.14. The van der Waals surface area contributed by atoms with Gasteiger partial charge in [0.25, 0.3) is 5.56 Å². The van der Waals surface area contributed by atoms with Gasteiger partial charge in [-0.15, -0.1) is 0 Å². The Bertz CT molecular complexity index is 510. The number of H-pyrrole nitrogens is 1. The summed E-state index contributed by atoms with van der Waals surface area (Å²) in [5, 5.41) is 3.43. The predicted molar refractivity (Wildman–Crippen MR) is 61.2 cm³/mol. The number of nitrogens with one attached hydrogen (secondary N) is 1. The number of aryl methyl sites for hydroxylation is 1. The van der Waals surface area contributed by atoms with Crippen molar-refractivity contribution in [2.75, 3.05) is 0 Å². The predicted octanol–water partition coefficient (Wildman–Crippen LogP) is 2.52. The molecule has 0 bridgehead atoms. The van der Waals surface area contributed by atoms with E-state index in [1.54, 1.807) is 6.07 Å². The largest absolute Gasteiger partial charge is 0.285 e. The highest BCUT2D eigenvalue weighted by Crippen LogP contribution is 2.19. The van der Waals surface area contributed by atoms with Crippen molar-refractivity contribution in [3.05, 3.63) is 45.7 Å². The van der Waals surface area contributed by atoms with E-state index in [-0.39, 0.29) is 5.56 Å². The monoisotopic (exact) mass is 222 g/mol. The summed E-state index contributed by atoms with van der Waals surface area (Å²) in [6.07, 6.45) is 0. The standard InChI is InChI=1S/C11H11ClN2O/c1-2-14-10(7-11(15)13-14)8-3-5-9(12)6-4-8/h3-7H,2H2,1H3,(H,13,15). The fraction of sp³-hybridized carbons (Fsp3) is 0.182. The number of aromatic nitrogens is 2. The Balaban J connectivity index is 2.53. The first-order valence-electron chi connectivity index (χ1n) is 4.76. The zero-order valence-corrected chi connectivity index (χ0v) is 9.08. The molecule has 0 saturated heterocycles. The molecule has 0 aliphatic carbocycles. The van der Waals surface area contributed by atoms with E-state index in [4.69, 9.17) is 11.6 Å². The number of rotatable bonds is 2. The lowest BCUT2D eigenvalue weighted by atomic mass is 10.1. The van der Waals surface area contributed by atoms with Crippen LogP contribution in [-0.4, -0.2) is 9.78 Å². The topological polar surface area (TPSA) is 37.8 Å². The van der Waals surface area contributed by atoms with Crippen LogP contribution in [0.25, 0.3) is 11.3 Å². The Morgan fingerprint density at radius 2 is 2.00 bits per heavy atom. The highest BCUT2D eigenvalue weighted by Gasteiger charge is 2.05. The normalized spacial score (nSPS) is 10.5. The van der Waals surface area contributed by atoms with E-state index >= 15 is 0 Å². The minimum Gasteiger partial charge on any atom is -0.285 e. The van der Waals surface area contributed by atoms with Gasteiger partial charge >= 0.3 is 0 Å². The molecule has 4 heteroatoms. The molecule has 1 heterocycles. The van der Waals surface area contributed by atoms with Gasteiger partial charge in [0.1, 0.15) is 0 Å². The van der Waals surface area contributed by atoms with Gasteiger partial charge in [0.05, 0.1) is 5.69 Å². The fourth-order valence-electron chi connectivity index (χ4n) is 1.54. The van der Waals surface area contributed by atoms with Crippen molar-refractivity contribution in [3.63, 3.8) is 0 Å². The molecular weight excluding hydrogens is 212 g/mol. The lowest BCUT2D eigenvalue weighted by Gasteiger charge is -2.04. The average molecular weight is 223 g/mol. The summed E-state index contributed by atoms with van der Waals surface area (Å²) in [6.45, 7) is 2.72. The number of benzene rings is 1. The van der Waals surface area contributed by atoms with Crippen LogP contribution < -0.4 is 5.56 Å². The molecule has 0 unspecified atom stereocenters. The molecule has 0 aliphatic rings. The number of hydrogen-bond acceptors (Lipinski definition) is 1. The lowest BCUT2D eigenvalue weighted by molar-refractivity contribution is 0.660. The van der Waals surface area contributed by atoms with Crippen molar-refractivity contribution >= 4 is 11.6 Å². The molecule has 0 fully saturated rings. The van der Waals surface area contributed by atoms with Crippen molar-refractivity contribution in [1.29, 1.82) is 0 Å². The van der Waals surface area contributed by atoms with E-state index in [1.807, 2.05) is 35.9 Å². The summed E-state index contributed by atoms with van der Waals surface area (Å²) in [5.74, 6) is 0. The Kier molecular flexibility index (Phi) is 2.64. The summed E-state index contributed by atoms with van der Waals surface area (Å²) in [4.78, 5) is 11.2. The Morgan fingerprint density at radius 3 is 2.60 bits per heavy atom. The maximum absolute atomic E-state index is 11.2. The first kappa shape index (κ1) is 10.1. The van der Waals surface area contributed by atoms with E-state index < -0.39 is 0 Å². The molecule has 3 nitrogen and oxygen atoms in total. The van der Waals surface area contributed by atoms with Crippen LogP contribution in [0.2, 0.25) is 5.02 Å². The van der Waals surface area contributed by atoms with Gasteiger partial charge in [-0.3, -0.25) is 14.6 Å². The third kappa shape index (κ3) is 1.97. The van der Waals surface area contributed by atoms with E-state index in [1.165, 1.54) is 0 Å². The summed E-state index contributed by atoms with van der Waals surface area (Å²) in [6, 6.07) is 9.02. The quantitative estimate of drug-likeness (QED) is 0.833. The molecule has 0 saturated carbocycles. The highest BCUT2D eigenvalue weighted by molar-refractivity contribution is 6.30. The van der Waals surface area contributed by atoms with Crippen LogP contribution in [0, 0.1) is 0 Å². The minimum atomic E-state index is -0.0817. The summed E-state index contributed by atoms with van der Waals surface area (Å²) < 4.78 is 1.81. The number of hydrogen-bond donors (Lipinski definition) is 1. The number of halogens is 1. The van der Waals surface area contributed by atoms with Crippen LogP contribution in [0.1, 0.15) is 6.92 Å². The number of nitrogens with zero attached hydrogens (tertiary/aromatic N) is 1. The van der Waals surface area contributed by atoms with Crippen LogP contribution in [0.3, 0.4) is 0 Å². The van der Waals surface area contributed by atoms with Gasteiger partial charge in [-0.25, -0.2) is 0 Å². The summed E-state index contributed by atoms with van der Waals surface area (Å²) >= 11 is 5.80. The zero-order valence-electron chi connectivity index (χ0n) is 8.33. The Morgan fingerprint density at radius 1 is 1.33 bits per heavy atom. The van der Waals surface area contributed by atoms with Gasteiger partial charge in [-0.05, 0) is 24.6 Å². The van der Waals surface area contributed by atoms with Gasteiger partial charge < -0.3 is 0 Å². The molecule has 2 rings (SSSR count). The van der Waals surface area contributed by atoms with Crippen molar-refractivity contribution in [2.24, 2.45) is 0 Å². The highest BCUT2D eigenvalue weighted by atomic mass is 35.5. The number of aromatic amines is 1. The molecule has 0 spiro atoms. The van der Waals surface area contributed by atoms with Gasteiger partial charge in [0.15, 0.2) is 0 Å². The van der Waals surface area contributed by atoms with E-state index in [0.29, 0.717) is 5.02 Å². The zero-order chi connectivity index (χ0) is 10.8. The van der Waals surface area contributed by atoms with Crippen LogP contribution >= 0.6 is 11.6 Å². The molecule has 1 aromatic carbocycles. The Hall–Kier alpha value is -1.48. The molecule has 0 atom stereocenters. The molecule has 0 aliphatic heterocycles. The second-order valence-corrected chi connectivity index (χ2v) is 3.69. The van der Waals surface area contributed by atoms with Crippen LogP contribution in [0.15, 0.2) is 35.1 Å². The molecule has 78 valence electrons. The van der Waals surface area contributed by atoms with Gasteiger partial charge in [-0.1, -0.05) is 23.7 Å². The SMILES string of the molecule is CCn1[nH]c(=O)cc1-c1ccc(Cl)cc1. The van der Waals surface area contributed by atoms with Crippen molar-refractivity contribution in [2.45, 2.75) is 13.5 Å². The molecular formula is C11H11ClN2O. The van der Waals surface area contributed by atoms with Crippen molar-refractivity contribution in [3.8, 4) is 11.3 Å². The summed E-state index contributed by atoms with van der Waals surface area (Å²) in [5.41, 5.74) is 1.79. The summed E-state index contributed by atoms with van der Waals surface area (Å²) in [7, 11) is 0.